The topological polar surface area (TPSA) is 114 Å². The lowest BCUT2D eigenvalue weighted by Crippen LogP contribution is -2.47. The van der Waals surface area contributed by atoms with Crippen molar-refractivity contribution in [2.75, 3.05) is 44.9 Å². The third-order valence-corrected chi connectivity index (χ3v) is 4.77. The number of carbonyl (C=O) groups excluding carboxylic acids is 2. The Morgan fingerprint density at radius 3 is 2.62 bits per heavy atom. The highest BCUT2D eigenvalue weighted by Crippen LogP contribution is 2.04. The van der Waals surface area contributed by atoms with E-state index in [2.05, 4.69) is 16.0 Å². The molecule has 0 saturated carbocycles. The minimum Gasteiger partial charge on any atom is -0.383 e. The van der Waals surface area contributed by atoms with E-state index >= 15 is 0 Å². The lowest BCUT2D eigenvalue weighted by molar-refractivity contribution is -0.122. The summed E-state index contributed by atoms with van der Waals surface area (Å²) in [6.45, 7) is 1.49. The highest BCUT2D eigenvalue weighted by Gasteiger charge is 2.25. The molecule has 1 aliphatic rings. The molecule has 1 aliphatic heterocycles. The van der Waals surface area contributed by atoms with Gasteiger partial charge in [0.1, 0.15) is 0 Å². The Morgan fingerprint density at radius 1 is 1.24 bits per heavy atom. The molecule has 0 radical (unpaired) electrons. The van der Waals surface area contributed by atoms with Crippen LogP contribution in [0.2, 0.25) is 0 Å². The fraction of sp³-hybridized carbons (Fsp3) is 0.833. The molecule has 21 heavy (non-hydrogen) atoms. The van der Waals surface area contributed by atoms with Crippen molar-refractivity contribution < 1.29 is 22.7 Å². The van der Waals surface area contributed by atoms with E-state index in [1.165, 1.54) is 0 Å². The maximum Gasteiger partial charge on any atom is 0.221 e. The van der Waals surface area contributed by atoms with Crippen molar-refractivity contribution in [3.63, 3.8) is 0 Å². The first-order chi connectivity index (χ1) is 9.93. The molecular weight excluding hydrogens is 298 g/mol. The number of carbonyl (C=O) groups is 2. The van der Waals surface area contributed by atoms with Crippen LogP contribution in [0.15, 0.2) is 0 Å². The molecule has 0 aromatic carbocycles. The molecule has 3 N–H and O–H groups in total. The van der Waals surface area contributed by atoms with E-state index in [0.29, 0.717) is 19.7 Å². The van der Waals surface area contributed by atoms with Gasteiger partial charge < -0.3 is 20.7 Å². The molecule has 1 fully saturated rings. The normalized spacial score (nSPS) is 20.7. The van der Waals surface area contributed by atoms with Crippen molar-refractivity contribution in [1.29, 1.82) is 0 Å². The minimum absolute atomic E-state index is 0.0159. The van der Waals surface area contributed by atoms with Gasteiger partial charge in [0, 0.05) is 45.6 Å². The predicted molar refractivity (Wildman–Crippen MR) is 77.6 cm³/mol. The monoisotopic (exact) mass is 321 g/mol. The molecule has 0 aromatic rings. The zero-order valence-electron chi connectivity index (χ0n) is 12.2. The van der Waals surface area contributed by atoms with Gasteiger partial charge in [-0.05, 0) is 0 Å². The first kappa shape index (κ1) is 17.9. The molecule has 0 bridgehead atoms. The third-order valence-electron chi connectivity index (χ3n) is 3.04. The standard InChI is InChI=1S/C12H23N3O5S/c1-20-6-4-15-11(16)2-3-14-12(17)8-10-9-21(18,19)7-5-13-10/h10,13H,2-9H2,1H3,(H,14,17)(H,15,16). The van der Waals surface area contributed by atoms with Crippen molar-refractivity contribution in [2.24, 2.45) is 0 Å². The minimum atomic E-state index is -3.04. The van der Waals surface area contributed by atoms with Crippen molar-refractivity contribution in [2.45, 2.75) is 18.9 Å². The first-order valence-corrected chi connectivity index (χ1v) is 8.71. The first-order valence-electron chi connectivity index (χ1n) is 6.89. The Balaban J connectivity index is 2.15. The maximum absolute atomic E-state index is 11.7. The molecule has 1 unspecified atom stereocenters. The van der Waals surface area contributed by atoms with Crippen LogP contribution < -0.4 is 16.0 Å². The molecule has 2 amide bonds. The number of hydrogen-bond acceptors (Lipinski definition) is 6. The van der Waals surface area contributed by atoms with E-state index in [-0.39, 0.29) is 48.7 Å². The summed E-state index contributed by atoms with van der Waals surface area (Å²) in [5.74, 6) is -0.315. The average molecular weight is 321 g/mol. The number of ether oxygens (including phenoxy) is 1. The fourth-order valence-corrected chi connectivity index (χ4v) is 3.44. The number of hydrogen-bond donors (Lipinski definition) is 3. The Morgan fingerprint density at radius 2 is 1.95 bits per heavy atom. The fourth-order valence-electron chi connectivity index (χ4n) is 1.99. The van der Waals surface area contributed by atoms with Crippen LogP contribution in [0.25, 0.3) is 0 Å². The second kappa shape index (κ2) is 8.96. The number of amides is 2. The summed E-state index contributed by atoms with van der Waals surface area (Å²) in [4.78, 5) is 23.0. The van der Waals surface area contributed by atoms with Gasteiger partial charge in [-0.15, -0.1) is 0 Å². The van der Waals surface area contributed by atoms with Gasteiger partial charge in [0.25, 0.3) is 0 Å². The van der Waals surface area contributed by atoms with Gasteiger partial charge in [0.15, 0.2) is 9.84 Å². The average Bonchev–Trinajstić information content (AvgIpc) is 2.37. The summed E-state index contributed by atoms with van der Waals surface area (Å²) in [7, 11) is -1.50. The third kappa shape index (κ3) is 7.98. The Bertz CT molecular complexity index is 452. The van der Waals surface area contributed by atoms with Crippen molar-refractivity contribution in [1.82, 2.24) is 16.0 Å². The molecular formula is C12H23N3O5S. The van der Waals surface area contributed by atoms with E-state index in [0.717, 1.165) is 0 Å². The molecule has 0 spiro atoms. The van der Waals surface area contributed by atoms with Gasteiger partial charge in [-0.25, -0.2) is 8.42 Å². The Hall–Kier alpha value is -1.19. The molecule has 8 nitrogen and oxygen atoms in total. The molecule has 1 saturated heterocycles. The van der Waals surface area contributed by atoms with Crippen molar-refractivity contribution in [3.05, 3.63) is 0 Å². The van der Waals surface area contributed by atoms with Gasteiger partial charge >= 0.3 is 0 Å². The van der Waals surface area contributed by atoms with Crippen LogP contribution in [-0.2, 0) is 24.2 Å². The van der Waals surface area contributed by atoms with Gasteiger partial charge in [-0.1, -0.05) is 0 Å². The molecule has 0 aliphatic carbocycles. The number of sulfone groups is 1. The van der Waals surface area contributed by atoms with Crippen molar-refractivity contribution >= 4 is 21.7 Å². The lowest BCUT2D eigenvalue weighted by Gasteiger charge is -2.23. The largest absolute Gasteiger partial charge is 0.383 e. The van der Waals surface area contributed by atoms with Gasteiger partial charge in [-0.2, -0.15) is 0 Å². The van der Waals surface area contributed by atoms with Gasteiger partial charge in [0.2, 0.25) is 11.8 Å². The van der Waals surface area contributed by atoms with E-state index in [4.69, 9.17) is 4.74 Å². The summed E-state index contributed by atoms with van der Waals surface area (Å²) in [5.41, 5.74) is 0. The van der Waals surface area contributed by atoms with E-state index < -0.39 is 9.84 Å². The van der Waals surface area contributed by atoms with E-state index in [1.54, 1.807) is 7.11 Å². The molecule has 1 heterocycles. The van der Waals surface area contributed by atoms with E-state index in [1.807, 2.05) is 0 Å². The zero-order chi connectivity index (χ0) is 15.7. The number of methoxy groups -OCH3 is 1. The molecule has 0 aromatic heterocycles. The summed E-state index contributed by atoms with van der Waals surface area (Å²) in [6.07, 6.45) is 0.288. The Kier molecular flexibility index (Phi) is 7.62. The van der Waals surface area contributed by atoms with Crippen LogP contribution in [0.3, 0.4) is 0 Å². The smallest absolute Gasteiger partial charge is 0.221 e. The zero-order valence-corrected chi connectivity index (χ0v) is 13.0. The second-order valence-electron chi connectivity index (χ2n) is 4.91. The number of nitrogens with one attached hydrogen (secondary N) is 3. The van der Waals surface area contributed by atoms with Crippen LogP contribution in [-0.4, -0.2) is 71.1 Å². The quantitative estimate of drug-likeness (QED) is 0.447. The maximum atomic E-state index is 11.7. The second-order valence-corrected chi connectivity index (χ2v) is 7.14. The lowest BCUT2D eigenvalue weighted by atomic mass is 10.2. The van der Waals surface area contributed by atoms with Gasteiger partial charge in [0.05, 0.1) is 18.1 Å². The van der Waals surface area contributed by atoms with Crippen LogP contribution in [0.4, 0.5) is 0 Å². The summed E-state index contributed by atoms with van der Waals surface area (Å²) in [5, 5.41) is 8.26. The molecule has 1 rings (SSSR count). The molecule has 9 heteroatoms. The van der Waals surface area contributed by atoms with Crippen LogP contribution in [0.1, 0.15) is 12.8 Å². The molecule has 122 valence electrons. The predicted octanol–water partition coefficient (Wildman–Crippen LogP) is -1.97. The summed E-state index contributed by atoms with van der Waals surface area (Å²) >= 11 is 0. The van der Waals surface area contributed by atoms with Crippen LogP contribution in [0, 0.1) is 0 Å². The van der Waals surface area contributed by atoms with Crippen LogP contribution in [0.5, 0.6) is 0 Å². The highest BCUT2D eigenvalue weighted by molar-refractivity contribution is 7.91. The van der Waals surface area contributed by atoms with Gasteiger partial charge in [-0.3, -0.25) is 9.59 Å². The Labute approximate surface area is 124 Å². The van der Waals surface area contributed by atoms with Crippen molar-refractivity contribution in [3.8, 4) is 0 Å². The summed E-state index contributed by atoms with van der Waals surface area (Å²) in [6, 6.07) is -0.348. The SMILES string of the molecule is COCCNC(=O)CCNC(=O)CC1CS(=O)(=O)CCN1. The van der Waals surface area contributed by atoms with Crippen LogP contribution >= 0.6 is 0 Å². The summed E-state index contributed by atoms with van der Waals surface area (Å²) < 4.78 is 27.7. The number of rotatable bonds is 8. The van der Waals surface area contributed by atoms with E-state index in [9.17, 15) is 18.0 Å². The molecule has 1 atom stereocenters. The highest BCUT2D eigenvalue weighted by atomic mass is 32.2.